The third-order valence-electron chi connectivity index (χ3n) is 5.59. The monoisotopic (exact) mass is 406 g/mol. The fourth-order valence-electron chi connectivity index (χ4n) is 3.84. The van der Waals surface area contributed by atoms with Gasteiger partial charge in [0.15, 0.2) is 0 Å². The summed E-state index contributed by atoms with van der Waals surface area (Å²) in [7, 11) is 2.15. The number of piperazine rings is 1. The Morgan fingerprint density at radius 1 is 1.07 bits per heavy atom. The van der Waals surface area contributed by atoms with Gasteiger partial charge in [-0.25, -0.2) is 5.01 Å². The lowest BCUT2D eigenvalue weighted by Crippen LogP contribution is -2.47. The first-order chi connectivity index (χ1) is 14.5. The molecule has 1 aromatic heterocycles. The number of anilines is 3. The Bertz CT molecular complexity index is 973. The van der Waals surface area contributed by atoms with Crippen LogP contribution in [0.25, 0.3) is 11.1 Å². The Hall–Kier alpha value is -3.03. The molecule has 0 atom stereocenters. The lowest BCUT2D eigenvalue weighted by Gasteiger charge is -2.34. The largest absolute Gasteiger partial charge is 0.397 e. The highest BCUT2D eigenvalue weighted by atomic mass is 16.5. The fraction of sp³-hybridized carbons (Fsp3) is 0.348. The number of nitrogens with two attached hydrogens (primary N) is 1. The van der Waals surface area contributed by atoms with Crippen LogP contribution >= 0.6 is 0 Å². The van der Waals surface area contributed by atoms with E-state index in [1.165, 1.54) is 5.56 Å². The minimum atomic E-state index is 0.696. The van der Waals surface area contributed by atoms with Gasteiger partial charge in [0.2, 0.25) is 0 Å². The van der Waals surface area contributed by atoms with Gasteiger partial charge in [0.1, 0.15) is 5.76 Å². The zero-order valence-electron chi connectivity index (χ0n) is 17.9. The van der Waals surface area contributed by atoms with Crippen molar-refractivity contribution in [3.05, 3.63) is 59.5 Å². The highest BCUT2D eigenvalue weighted by Gasteiger charge is 2.19. The molecule has 1 fully saturated rings. The second-order valence-corrected chi connectivity index (χ2v) is 7.93. The third-order valence-corrected chi connectivity index (χ3v) is 5.59. The molecule has 1 saturated heterocycles. The molecule has 158 valence electrons. The van der Waals surface area contributed by atoms with Crippen LogP contribution in [0.3, 0.4) is 0 Å². The molecular formula is C23H30N6O. The molecule has 7 nitrogen and oxygen atoms in total. The highest BCUT2D eigenvalue weighted by molar-refractivity contribution is 5.88. The predicted octanol–water partition coefficient (Wildman–Crippen LogP) is 3.73. The first-order valence-corrected chi connectivity index (χ1v) is 10.4. The van der Waals surface area contributed by atoms with Crippen LogP contribution in [-0.4, -0.2) is 48.3 Å². The third kappa shape index (κ3) is 4.42. The summed E-state index contributed by atoms with van der Waals surface area (Å²) in [5.41, 5.74) is 16.8. The van der Waals surface area contributed by atoms with Gasteiger partial charge in [-0.15, -0.1) is 0 Å². The second kappa shape index (κ2) is 8.77. The van der Waals surface area contributed by atoms with Gasteiger partial charge in [0, 0.05) is 38.3 Å². The van der Waals surface area contributed by atoms with Gasteiger partial charge in [0.25, 0.3) is 0 Å². The van der Waals surface area contributed by atoms with Gasteiger partial charge >= 0.3 is 0 Å². The summed E-state index contributed by atoms with van der Waals surface area (Å²) in [5, 5.41) is 9.91. The number of nitrogens with zero attached hydrogens (tertiary/aromatic N) is 3. The maximum Gasteiger partial charge on any atom is 0.141 e. The molecule has 2 heterocycles. The van der Waals surface area contributed by atoms with Gasteiger partial charge in [-0.2, -0.15) is 0 Å². The van der Waals surface area contributed by atoms with E-state index in [4.69, 9.17) is 10.3 Å². The summed E-state index contributed by atoms with van der Waals surface area (Å²) in [6, 6.07) is 14.5. The molecule has 0 bridgehead atoms. The molecule has 2 aromatic carbocycles. The zero-order chi connectivity index (χ0) is 21.1. The number of hydrazine groups is 1. The predicted molar refractivity (Wildman–Crippen MR) is 122 cm³/mol. The molecule has 1 aliphatic rings. The van der Waals surface area contributed by atoms with E-state index in [-0.39, 0.29) is 0 Å². The summed E-state index contributed by atoms with van der Waals surface area (Å²) in [4.78, 5) is 2.33. The number of hydrogen-bond acceptors (Lipinski definition) is 7. The van der Waals surface area contributed by atoms with E-state index in [0.29, 0.717) is 12.2 Å². The van der Waals surface area contributed by atoms with Gasteiger partial charge in [0.05, 0.1) is 22.8 Å². The summed E-state index contributed by atoms with van der Waals surface area (Å²) in [6.07, 6.45) is 0. The topological polar surface area (TPSA) is 82.6 Å². The van der Waals surface area contributed by atoms with Gasteiger partial charge in [-0.1, -0.05) is 35.5 Å². The van der Waals surface area contributed by atoms with E-state index in [1.54, 1.807) is 0 Å². The summed E-state index contributed by atoms with van der Waals surface area (Å²) in [5.74, 6) is 0.792. The SMILES string of the molecule is Cc1noc(C)c1-c1cc(N)c(NN2CCN(C)CC2)c(NCc2ccccc2)c1. The summed E-state index contributed by atoms with van der Waals surface area (Å²) < 4.78 is 5.38. The van der Waals surface area contributed by atoms with E-state index in [1.807, 2.05) is 26.0 Å². The lowest BCUT2D eigenvalue weighted by molar-refractivity contribution is 0.179. The number of rotatable bonds is 6. The molecule has 0 aliphatic carbocycles. The normalized spacial score (nSPS) is 15.3. The fourth-order valence-corrected chi connectivity index (χ4v) is 3.84. The highest BCUT2D eigenvalue weighted by Crippen LogP contribution is 2.37. The molecule has 0 spiro atoms. The average molecular weight is 407 g/mol. The first-order valence-electron chi connectivity index (χ1n) is 10.4. The van der Waals surface area contributed by atoms with E-state index in [2.05, 4.69) is 63.2 Å². The number of nitrogen functional groups attached to an aromatic ring is 1. The summed E-state index contributed by atoms with van der Waals surface area (Å²) in [6.45, 7) is 8.53. The Morgan fingerprint density at radius 2 is 1.80 bits per heavy atom. The molecule has 0 saturated carbocycles. The molecule has 0 amide bonds. The number of hydrogen-bond donors (Lipinski definition) is 3. The van der Waals surface area contributed by atoms with Crippen molar-refractivity contribution < 1.29 is 4.52 Å². The van der Waals surface area contributed by atoms with Crippen LogP contribution < -0.4 is 16.5 Å². The molecule has 0 unspecified atom stereocenters. The Balaban J connectivity index is 1.66. The molecule has 3 aromatic rings. The lowest BCUT2D eigenvalue weighted by atomic mass is 10.0. The number of aromatic nitrogens is 1. The van der Waals surface area contributed by atoms with Crippen molar-refractivity contribution in [2.24, 2.45) is 0 Å². The first kappa shape index (κ1) is 20.3. The molecule has 4 rings (SSSR count). The molecule has 1 aliphatic heterocycles. The van der Waals surface area contributed by atoms with E-state index < -0.39 is 0 Å². The van der Waals surface area contributed by atoms with Crippen LogP contribution in [0.4, 0.5) is 17.1 Å². The molecule has 7 heteroatoms. The van der Waals surface area contributed by atoms with Crippen LogP contribution in [0.2, 0.25) is 0 Å². The smallest absolute Gasteiger partial charge is 0.141 e. The van der Waals surface area contributed by atoms with Gasteiger partial charge < -0.3 is 25.9 Å². The average Bonchev–Trinajstić information content (AvgIpc) is 3.08. The molecular weight excluding hydrogens is 376 g/mol. The minimum absolute atomic E-state index is 0.696. The number of benzene rings is 2. The van der Waals surface area contributed by atoms with Crippen molar-refractivity contribution in [1.82, 2.24) is 15.1 Å². The molecule has 0 radical (unpaired) electrons. The van der Waals surface area contributed by atoms with Gasteiger partial charge in [-0.3, -0.25) is 0 Å². The van der Waals surface area contributed by atoms with Crippen molar-refractivity contribution in [2.75, 3.05) is 49.7 Å². The molecule has 30 heavy (non-hydrogen) atoms. The van der Waals surface area contributed by atoms with E-state index >= 15 is 0 Å². The van der Waals surface area contributed by atoms with E-state index in [9.17, 15) is 0 Å². The Labute approximate surface area is 177 Å². The van der Waals surface area contributed by atoms with Crippen molar-refractivity contribution in [3.63, 3.8) is 0 Å². The quantitative estimate of drug-likeness (QED) is 0.538. The Morgan fingerprint density at radius 3 is 2.47 bits per heavy atom. The maximum atomic E-state index is 6.55. The van der Waals surface area contributed by atoms with Gasteiger partial charge in [-0.05, 0) is 44.2 Å². The van der Waals surface area contributed by atoms with E-state index in [0.717, 1.165) is 60.1 Å². The standard InChI is InChI=1S/C23H30N6O/c1-16-22(17(2)30-27-16)19-13-20(24)23(26-29-11-9-28(3)10-12-29)21(14-19)25-15-18-7-5-4-6-8-18/h4-8,13-14,25-26H,9-12,15,24H2,1-3H3. The van der Waals surface area contributed by atoms with Crippen molar-refractivity contribution in [2.45, 2.75) is 20.4 Å². The van der Waals surface area contributed by atoms with Crippen molar-refractivity contribution >= 4 is 17.1 Å². The van der Waals surface area contributed by atoms with Crippen LogP contribution in [0.5, 0.6) is 0 Å². The minimum Gasteiger partial charge on any atom is -0.397 e. The Kier molecular flexibility index (Phi) is 5.92. The van der Waals surface area contributed by atoms with Crippen molar-refractivity contribution in [3.8, 4) is 11.1 Å². The van der Waals surface area contributed by atoms with Crippen LogP contribution in [0, 0.1) is 13.8 Å². The summed E-state index contributed by atoms with van der Waals surface area (Å²) >= 11 is 0. The number of likely N-dealkylation sites (N-methyl/N-ethyl adjacent to an activating group) is 1. The van der Waals surface area contributed by atoms with Crippen LogP contribution in [0.15, 0.2) is 47.0 Å². The number of aryl methyl sites for hydroxylation is 2. The molecule has 4 N–H and O–H groups in total. The zero-order valence-corrected chi connectivity index (χ0v) is 17.9. The van der Waals surface area contributed by atoms with Crippen LogP contribution in [0.1, 0.15) is 17.0 Å². The second-order valence-electron chi connectivity index (χ2n) is 7.93. The number of nitrogens with one attached hydrogen (secondary N) is 2. The van der Waals surface area contributed by atoms with Crippen molar-refractivity contribution in [1.29, 1.82) is 0 Å². The van der Waals surface area contributed by atoms with Crippen LogP contribution in [-0.2, 0) is 6.54 Å². The maximum absolute atomic E-state index is 6.55.